The minimum absolute atomic E-state index is 0.0651. The van der Waals surface area contributed by atoms with Crippen LogP contribution in [0.1, 0.15) is 46.3 Å². The first-order chi connectivity index (χ1) is 18.7. The van der Waals surface area contributed by atoms with Crippen LogP contribution >= 0.6 is 11.3 Å². The Balaban J connectivity index is 1.50. The van der Waals surface area contributed by atoms with Gasteiger partial charge in [-0.2, -0.15) is 0 Å². The van der Waals surface area contributed by atoms with E-state index in [0.717, 1.165) is 41.5 Å². The first kappa shape index (κ1) is 24.7. The number of pyridine rings is 1. The fourth-order valence-electron chi connectivity index (χ4n) is 5.28. The van der Waals surface area contributed by atoms with Gasteiger partial charge in [0.15, 0.2) is 5.82 Å². The van der Waals surface area contributed by atoms with Crippen molar-refractivity contribution in [3.8, 4) is 0 Å². The van der Waals surface area contributed by atoms with Crippen LogP contribution in [0.2, 0.25) is 0 Å². The van der Waals surface area contributed by atoms with Crippen LogP contribution in [-0.4, -0.2) is 42.8 Å². The lowest BCUT2D eigenvalue weighted by Gasteiger charge is -2.31. The van der Waals surface area contributed by atoms with E-state index >= 15 is 0 Å². The van der Waals surface area contributed by atoms with Gasteiger partial charge in [-0.15, -0.1) is 16.4 Å². The standard InChI is InChI=1S/C29H30N6O2S/c1-20-8-5-11-22-16-25(29(36)30-26(20)22)27(28-31-32-33-35(28)18-23-12-6-14-37-23)34(19-24-13-7-15-38-24)17-21-9-3-2-4-10-21/h2-5,7-11,13,15-16,23,27H,6,12,14,17-19H2,1H3,(H,30,36). The van der Waals surface area contributed by atoms with Gasteiger partial charge in [-0.05, 0) is 64.2 Å². The lowest BCUT2D eigenvalue weighted by Crippen LogP contribution is -2.35. The number of aromatic amines is 1. The van der Waals surface area contributed by atoms with E-state index in [1.807, 2.05) is 54.1 Å². The van der Waals surface area contributed by atoms with E-state index in [1.54, 1.807) is 11.3 Å². The largest absolute Gasteiger partial charge is 0.376 e. The van der Waals surface area contributed by atoms with Crippen molar-refractivity contribution in [2.45, 2.75) is 51.5 Å². The van der Waals surface area contributed by atoms with E-state index in [0.29, 0.717) is 31.0 Å². The molecule has 3 aromatic heterocycles. The summed E-state index contributed by atoms with van der Waals surface area (Å²) < 4.78 is 7.73. The number of para-hydroxylation sites is 1. The number of nitrogens with zero attached hydrogens (tertiary/aromatic N) is 5. The van der Waals surface area contributed by atoms with Gasteiger partial charge in [0.1, 0.15) is 6.04 Å². The van der Waals surface area contributed by atoms with Crippen molar-refractivity contribution < 1.29 is 4.74 Å². The number of H-pyrrole nitrogens is 1. The highest BCUT2D eigenvalue weighted by molar-refractivity contribution is 7.09. The van der Waals surface area contributed by atoms with Crippen LogP contribution in [0.15, 0.2) is 76.9 Å². The summed E-state index contributed by atoms with van der Waals surface area (Å²) in [6.45, 7) is 4.60. The third kappa shape index (κ3) is 5.18. The summed E-state index contributed by atoms with van der Waals surface area (Å²) in [7, 11) is 0. The molecule has 0 amide bonds. The van der Waals surface area contributed by atoms with Crippen LogP contribution in [-0.2, 0) is 24.4 Å². The van der Waals surface area contributed by atoms with Crippen LogP contribution in [0, 0.1) is 6.92 Å². The van der Waals surface area contributed by atoms with Crippen LogP contribution in [0.25, 0.3) is 10.9 Å². The van der Waals surface area contributed by atoms with Gasteiger partial charge in [-0.25, -0.2) is 4.68 Å². The third-order valence-electron chi connectivity index (χ3n) is 7.15. The van der Waals surface area contributed by atoms with Gasteiger partial charge in [0.25, 0.3) is 5.56 Å². The Hall–Kier alpha value is -3.66. The highest BCUT2D eigenvalue weighted by atomic mass is 32.1. The highest BCUT2D eigenvalue weighted by Crippen LogP contribution is 2.31. The molecule has 0 spiro atoms. The fourth-order valence-corrected chi connectivity index (χ4v) is 6.01. The number of thiophene rings is 1. The zero-order valence-electron chi connectivity index (χ0n) is 21.3. The molecule has 6 rings (SSSR count). The number of hydrogen-bond donors (Lipinski definition) is 1. The monoisotopic (exact) mass is 526 g/mol. The van der Waals surface area contributed by atoms with Crippen molar-refractivity contribution >= 4 is 22.2 Å². The van der Waals surface area contributed by atoms with Gasteiger partial charge < -0.3 is 9.72 Å². The fraction of sp³-hybridized carbons (Fsp3) is 0.310. The van der Waals surface area contributed by atoms with Crippen molar-refractivity contribution in [1.82, 2.24) is 30.1 Å². The topological polar surface area (TPSA) is 88.9 Å². The Morgan fingerprint density at radius 3 is 2.82 bits per heavy atom. The molecule has 0 aliphatic carbocycles. The second-order valence-corrected chi connectivity index (χ2v) is 10.9. The van der Waals surface area contributed by atoms with Gasteiger partial charge in [0.2, 0.25) is 0 Å². The number of nitrogens with one attached hydrogen (secondary N) is 1. The molecular formula is C29H30N6O2S. The average Bonchev–Trinajstić information content (AvgIpc) is 3.71. The minimum Gasteiger partial charge on any atom is -0.376 e. The molecule has 1 N–H and O–H groups in total. The second kappa shape index (κ2) is 11.0. The Kier molecular flexibility index (Phi) is 7.13. The first-order valence-electron chi connectivity index (χ1n) is 13.0. The summed E-state index contributed by atoms with van der Waals surface area (Å²) in [4.78, 5) is 20.4. The molecular weight excluding hydrogens is 496 g/mol. The maximum Gasteiger partial charge on any atom is 0.253 e. The molecule has 0 saturated carbocycles. The SMILES string of the molecule is Cc1cccc2cc(C(c3nnnn3CC3CCCO3)N(Cc3ccccc3)Cc3cccs3)c(=O)[nH]c12. The van der Waals surface area contributed by atoms with E-state index < -0.39 is 6.04 Å². The maximum absolute atomic E-state index is 13.8. The molecule has 2 aromatic carbocycles. The predicted molar refractivity (Wildman–Crippen MR) is 148 cm³/mol. The van der Waals surface area contributed by atoms with Gasteiger partial charge in [-0.1, -0.05) is 54.6 Å². The molecule has 4 heterocycles. The molecule has 2 atom stereocenters. The summed E-state index contributed by atoms with van der Waals surface area (Å²) in [6.07, 6.45) is 2.08. The summed E-state index contributed by atoms with van der Waals surface area (Å²) >= 11 is 1.70. The van der Waals surface area contributed by atoms with E-state index in [2.05, 4.69) is 55.1 Å². The van der Waals surface area contributed by atoms with Crippen LogP contribution in [0.4, 0.5) is 0 Å². The highest BCUT2D eigenvalue weighted by Gasteiger charge is 2.32. The van der Waals surface area contributed by atoms with Crippen molar-refractivity contribution in [3.63, 3.8) is 0 Å². The molecule has 1 aliphatic rings. The molecule has 1 saturated heterocycles. The van der Waals surface area contributed by atoms with Gasteiger partial charge in [0, 0.05) is 30.1 Å². The predicted octanol–water partition coefficient (Wildman–Crippen LogP) is 4.86. The number of hydrogen-bond acceptors (Lipinski definition) is 7. The van der Waals surface area contributed by atoms with Crippen LogP contribution in [0.3, 0.4) is 0 Å². The molecule has 5 aromatic rings. The van der Waals surface area contributed by atoms with E-state index in [4.69, 9.17) is 4.74 Å². The van der Waals surface area contributed by atoms with Crippen LogP contribution in [0.5, 0.6) is 0 Å². The number of fused-ring (bicyclic) bond motifs is 1. The van der Waals surface area contributed by atoms with E-state index in [1.165, 1.54) is 4.88 Å². The number of tetrazole rings is 1. The summed E-state index contributed by atoms with van der Waals surface area (Å²) in [5.41, 5.74) is 3.53. The number of rotatable bonds is 9. The summed E-state index contributed by atoms with van der Waals surface area (Å²) in [6, 6.07) is 22.1. The number of ether oxygens (including phenoxy) is 1. The zero-order chi connectivity index (χ0) is 25.9. The Morgan fingerprint density at radius 1 is 1.13 bits per heavy atom. The van der Waals surface area contributed by atoms with Gasteiger partial charge in [-0.3, -0.25) is 9.69 Å². The molecule has 2 unspecified atom stereocenters. The van der Waals surface area contributed by atoms with Gasteiger partial charge >= 0.3 is 0 Å². The minimum atomic E-state index is -0.470. The molecule has 8 nitrogen and oxygen atoms in total. The Bertz CT molecular complexity index is 1560. The quantitative estimate of drug-likeness (QED) is 0.295. The third-order valence-corrected chi connectivity index (χ3v) is 8.01. The lowest BCUT2D eigenvalue weighted by molar-refractivity contribution is 0.0904. The first-order valence-corrected chi connectivity index (χ1v) is 13.8. The Labute approximate surface area is 224 Å². The Morgan fingerprint density at radius 2 is 2.03 bits per heavy atom. The van der Waals surface area contributed by atoms with Crippen molar-refractivity contribution in [1.29, 1.82) is 0 Å². The van der Waals surface area contributed by atoms with Crippen molar-refractivity contribution in [2.24, 2.45) is 0 Å². The number of aryl methyl sites for hydroxylation is 1. The maximum atomic E-state index is 13.8. The van der Waals surface area contributed by atoms with Crippen molar-refractivity contribution in [3.05, 3.63) is 110 Å². The smallest absolute Gasteiger partial charge is 0.253 e. The van der Waals surface area contributed by atoms with E-state index in [9.17, 15) is 4.79 Å². The molecule has 194 valence electrons. The summed E-state index contributed by atoms with van der Waals surface area (Å²) in [5, 5.41) is 16.0. The van der Waals surface area contributed by atoms with Crippen LogP contribution < -0.4 is 5.56 Å². The molecule has 1 fully saturated rings. The molecule has 0 radical (unpaired) electrons. The molecule has 9 heteroatoms. The number of benzene rings is 2. The second-order valence-electron chi connectivity index (χ2n) is 9.82. The van der Waals surface area contributed by atoms with Crippen molar-refractivity contribution in [2.75, 3.05) is 6.61 Å². The zero-order valence-corrected chi connectivity index (χ0v) is 22.1. The molecule has 1 aliphatic heterocycles. The molecule has 0 bridgehead atoms. The summed E-state index contributed by atoms with van der Waals surface area (Å²) in [5.74, 6) is 0.644. The number of aromatic nitrogens is 5. The van der Waals surface area contributed by atoms with E-state index in [-0.39, 0.29) is 11.7 Å². The average molecular weight is 527 g/mol. The normalized spacial score (nSPS) is 16.4. The van der Waals surface area contributed by atoms with Gasteiger partial charge in [0.05, 0.1) is 18.2 Å². The lowest BCUT2D eigenvalue weighted by atomic mass is 10.0. The molecule has 38 heavy (non-hydrogen) atoms.